The molecule has 2 aromatic rings. The predicted octanol–water partition coefficient (Wildman–Crippen LogP) is 4.27. The summed E-state index contributed by atoms with van der Waals surface area (Å²) in [5, 5.41) is 11.0. The van der Waals surface area contributed by atoms with E-state index >= 15 is 0 Å². The zero-order valence-electron chi connectivity index (χ0n) is 11.3. The van der Waals surface area contributed by atoms with Gasteiger partial charge in [0.2, 0.25) is 0 Å². The van der Waals surface area contributed by atoms with Crippen LogP contribution in [0.5, 0.6) is 0 Å². The van der Waals surface area contributed by atoms with Crippen molar-refractivity contribution in [2.45, 2.75) is 31.8 Å². The molecule has 3 heteroatoms. The number of rotatable bonds is 2. The quantitative estimate of drug-likeness (QED) is 0.869. The number of halogens is 2. The van der Waals surface area contributed by atoms with Crippen molar-refractivity contribution in [2.75, 3.05) is 0 Å². The topological polar surface area (TPSA) is 20.2 Å². The van der Waals surface area contributed by atoms with Crippen molar-refractivity contribution < 1.29 is 9.50 Å². The molecule has 20 heavy (non-hydrogen) atoms. The first-order valence-electron chi connectivity index (χ1n) is 6.75. The Balaban J connectivity index is 2.00. The first-order chi connectivity index (χ1) is 9.49. The van der Waals surface area contributed by atoms with Gasteiger partial charge in [-0.05, 0) is 58.5 Å². The summed E-state index contributed by atoms with van der Waals surface area (Å²) in [4.78, 5) is 0. The third-order valence-electron chi connectivity index (χ3n) is 4.09. The largest absolute Gasteiger partial charge is 0.385 e. The van der Waals surface area contributed by atoms with Crippen molar-refractivity contribution in [3.8, 4) is 0 Å². The summed E-state index contributed by atoms with van der Waals surface area (Å²) >= 11 is 3.28. The molecular formula is C17H16BrFO. The van der Waals surface area contributed by atoms with E-state index in [1.807, 2.05) is 13.0 Å². The molecule has 0 heterocycles. The first-order valence-corrected chi connectivity index (χ1v) is 7.54. The van der Waals surface area contributed by atoms with E-state index in [-0.39, 0.29) is 5.82 Å². The molecule has 1 aliphatic carbocycles. The number of hydrogen-bond acceptors (Lipinski definition) is 1. The van der Waals surface area contributed by atoms with Crippen LogP contribution in [0, 0.1) is 12.7 Å². The fraction of sp³-hybridized carbons (Fsp3) is 0.294. The average molecular weight is 335 g/mol. The van der Waals surface area contributed by atoms with Gasteiger partial charge in [0, 0.05) is 6.42 Å². The molecule has 1 aliphatic rings. The summed E-state index contributed by atoms with van der Waals surface area (Å²) in [7, 11) is 0. The lowest BCUT2D eigenvalue weighted by Gasteiger charge is -2.25. The third kappa shape index (κ3) is 2.29. The number of benzene rings is 2. The number of hydrogen-bond donors (Lipinski definition) is 1. The lowest BCUT2D eigenvalue weighted by Crippen LogP contribution is -2.25. The lowest BCUT2D eigenvalue weighted by molar-refractivity contribution is 0.0387. The van der Waals surface area contributed by atoms with Gasteiger partial charge in [-0.1, -0.05) is 35.9 Å². The second-order valence-electron chi connectivity index (χ2n) is 5.58. The van der Waals surface area contributed by atoms with Crippen LogP contribution >= 0.6 is 15.9 Å². The fourth-order valence-electron chi connectivity index (χ4n) is 3.00. The molecule has 1 unspecified atom stereocenters. The van der Waals surface area contributed by atoms with Crippen molar-refractivity contribution >= 4 is 15.9 Å². The molecule has 0 amide bonds. The van der Waals surface area contributed by atoms with E-state index in [1.54, 1.807) is 6.07 Å². The SMILES string of the molecule is Cc1ccc2c(c1)C(O)(Cc1cccc(F)c1Br)CC2. The van der Waals surface area contributed by atoms with E-state index in [4.69, 9.17) is 0 Å². The second kappa shape index (κ2) is 4.97. The summed E-state index contributed by atoms with van der Waals surface area (Å²) in [6, 6.07) is 11.2. The van der Waals surface area contributed by atoms with Gasteiger partial charge in [-0.25, -0.2) is 4.39 Å². The van der Waals surface area contributed by atoms with E-state index in [9.17, 15) is 9.50 Å². The molecule has 0 fully saturated rings. The Morgan fingerprint density at radius 2 is 2.10 bits per heavy atom. The molecule has 0 saturated carbocycles. The number of aliphatic hydroxyl groups is 1. The molecule has 0 aromatic heterocycles. The van der Waals surface area contributed by atoms with Crippen molar-refractivity contribution in [2.24, 2.45) is 0 Å². The van der Waals surface area contributed by atoms with E-state index in [2.05, 4.69) is 34.1 Å². The summed E-state index contributed by atoms with van der Waals surface area (Å²) in [6.07, 6.45) is 2.00. The average Bonchev–Trinajstić information content (AvgIpc) is 2.73. The van der Waals surface area contributed by atoms with E-state index in [1.165, 1.54) is 11.6 Å². The van der Waals surface area contributed by atoms with Crippen LogP contribution in [0.2, 0.25) is 0 Å². The van der Waals surface area contributed by atoms with Crippen molar-refractivity contribution in [3.05, 3.63) is 68.9 Å². The van der Waals surface area contributed by atoms with Crippen LogP contribution < -0.4 is 0 Å². The molecule has 0 radical (unpaired) electrons. The van der Waals surface area contributed by atoms with Gasteiger partial charge in [0.25, 0.3) is 0 Å². The summed E-state index contributed by atoms with van der Waals surface area (Å²) in [6.45, 7) is 2.02. The van der Waals surface area contributed by atoms with E-state index in [0.29, 0.717) is 17.3 Å². The third-order valence-corrected chi connectivity index (χ3v) is 4.98. The molecular weight excluding hydrogens is 319 g/mol. The first kappa shape index (κ1) is 13.8. The monoisotopic (exact) mass is 334 g/mol. The molecule has 0 aliphatic heterocycles. The van der Waals surface area contributed by atoms with E-state index in [0.717, 1.165) is 23.1 Å². The van der Waals surface area contributed by atoms with Gasteiger partial charge >= 0.3 is 0 Å². The number of aryl methyl sites for hydroxylation is 2. The zero-order valence-corrected chi connectivity index (χ0v) is 12.9. The molecule has 0 spiro atoms. The fourth-order valence-corrected chi connectivity index (χ4v) is 3.41. The molecule has 0 bridgehead atoms. The minimum absolute atomic E-state index is 0.284. The minimum atomic E-state index is -0.891. The van der Waals surface area contributed by atoms with Gasteiger partial charge in [0.15, 0.2) is 0 Å². The van der Waals surface area contributed by atoms with Crippen LogP contribution in [0.15, 0.2) is 40.9 Å². The molecule has 0 saturated heterocycles. The molecule has 1 atom stereocenters. The van der Waals surface area contributed by atoms with E-state index < -0.39 is 5.60 Å². The van der Waals surface area contributed by atoms with Crippen LogP contribution in [-0.2, 0) is 18.4 Å². The standard InChI is InChI=1S/C17H16BrFO/c1-11-5-6-12-7-8-17(20,14(12)9-11)10-13-3-2-4-15(19)16(13)18/h2-6,9,20H,7-8,10H2,1H3. The summed E-state index contributed by atoms with van der Waals surface area (Å²) < 4.78 is 14.1. The van der Waals surface area contributed by atoms with Gasteiger partial charge in [0.05, 0.1) is 10.1 Å². The van der Waals surface area contributed by atoms with Crippen molar-refractivity contribution in [1.29, 1.82) is 0 Å². The Labute approximate surface area is 126 Å². The van der Waals surface area contributed by atoms with Gasteiger partial charge in [-0.15, -0.1) is 0 Å². The highest BCUT2D eigenvalue weighted by atomic mass is 79.9. The molecule has 104 valence electrons. The normalized spacial score (nSPS) is 21.0. The molecule has 2 aromatic carbocycles. The van der Waals surface area contributed by atoms with Crippen LogP contribution in [-0.4, -0.2) is 5.11 Å². The highest BCUT2D eigenvalue weighted by molar-refractivity contribution is 9.10. The zero-order chi connectivity index (χ0) is 14.3. The maximum Gasteiger partial charge on any atom is 0.137 e. The Hall–Kier alpha value is -1.19. The summed E-state index contributed by atoms with van der Waals surface area (Å²) in [5.74, 6) is -0.284. The maximum atomic E-state index is 13.6. The number of fused-ring (bicyclic) bond motifs is 1. The van der Waals surface area contributed by atoms with Gasteiger partial charge < -0.3 is 5.11 Å². The Kier molecular flexibility index (Phi) is 3.43. The molecule has 1 nitrogen and oxygen atoms in total. The Morgan fingerprint density at radius 1 is 1.30 bits per heavy atom. The predicted molar refractivity (Wildman–Crippen MR) is 81.2 cm³/mol. The minimum Gasteiger partial charge on any atom is -0.385 e. The Morgan fingerprint density at radius 3 is 2.90 bits per heavy atom. The Bertz CT molecular complexity index is 668. The second-order valence-corrected chi connectivity index (χ2v) is 6.37. The van der Waals surface area contributed by atoms with Crippen molar-refractivity contribution in [1.82, 2.24) is 0 Å². The lowest BCUT2D eigenvalue weighted by atomic mass is 9.88. The van der Waals surface area contributed by atoms with Crippen molar-refractivity contribution in [3.63, 3.8) is 0 Å². The van der Waals surface area contributed by atoms with Gasteiger partial charge in [-0.2, -0.15) is 0 Å². The van der Waals surface area contributed by atoms with Gasteiger partial charge in [0.1, 0.15) is 5.82 Å². The van der Waals surface area contributed by atoms with Crippen LogP contribution in [0.3, 0.4) is 0 Å². The van der Waals surface area contributed by atoms with Crippen LogP contribution in [0.1, 0.15) is 28.7 Å². The highest BCUT2D eigenvalue weighted by Crippen LogP contribution is 2.41. The van der Waals surface area contributed by atoms with Crippen LogP contribution in [0.25, 0.3) is 0 Å². The maximum absolute atomic E-state index is 13.6. The summed E-state index contributed by atoms with van der Waals surface area (Å²) in [5.41, 5.74) is 3.25. The smallest absolute Gasteiger partial charge is 0.137 e. The van der Waals surface area contributed by atoms with Crippen LogP contribution in [0.4, 0.5) is 4.39 Å². The highest BCUT2D eigenvalue weighted by Gasteiger charge is 2.37. The molecule has 3 rings (SSSR count). The van der Waals surface area contributed by atoms with Gasteiger partial charge in [-0.3, -0.25) is 0 Å². The molecule has 1 N–H and O–H groups in total.